The maximum atomic E-state index is 14.0. The van der Waals surface area contributed by atoms with Gasteiger partial charge >= 0.3 is 7.69 Å². The van der Waals surface area contributed by atoms with Crippen LogP contribution in [0.25, 0.3) is 0 Å². The Morgan fingerprint density at radius 1 is 0.541 bits per heavy atom. The third-order valence-electron chi connectivity index (χ3n) is 4.96. The summed E-state index contributed by atoms with van der Waals surface area (Å²) < 4.78 is 78.2. The molecule has 0 spiro atoms. The molecule has 0 atom stereocenters. The van der Waals surface area contributed by atoms with Gasteiger partial charge in [-0.2, -0.15) is 0 Å². The molecule has 0 heterocycles. The van der Waals surface area contributed by atoms with Gasteiger partial charge in [0.1, 0.15) is 48.0 Å². The van der Waals surface area contributed by atoms with E-state index in [9.17, 15) is 17.6 Å². The van der Waals surface area contributed by atoms with Crippen LogP contribution in [0.15, 0.2) is 81.7 Å². The fourth-order valence-corrected chi connectivity index (χ4v) is 3.78. The van der Waals surface area contributed by atoms with Gasteiger partial charge < -0.3 is 18.8 Å². The summed E-state index contributed by atoms with van der Waals surface area (Å²) in [6.45, 7) is -0.316. The summed E-state index contributed by atoms with van der Waals surface area (Å²) in [6, 6.07) is 16.3. The number of hydrogen-bond donors (Lipinski definition) is 0. The highest BCUT2D eigenvalue weighted by molar-refractivity contribution is 9.10. The number of benzene rings is 4. The minimum Gasteiger partial charge on any atom is -0.524 e. The standard InChI is InChI=1S/C26H16BBr2F4O4/c28-17-3-7-23(34-13-15-1-5-19(30)11-21(15)32)25(9-17)36-27-37-26-10-18(29)4-8-24(26)35-14-16-2-6-20(31)12-22(16)33/h1-12H,13-14H2. The van der Waals surface area contributed by atoms with Crippen LogP contribution in [-0.2, 0) is 13.2 Å². The first kappa shape index (κ1) is 26.9. The van der Waals surface area contributed by atoms with Crippen LogP contribution in [0.2, 0.25) is 0 Å². The van der Waals surface area contributed by atoms with Crippen molar-refractivity contribution in [2.75, 3.05) is 0 Å². The highest BCUT2D eigenvalue weighted by atomic mass is 79.9. The van der Waals surface area contributed by atoms with Crippen LogP contribution in [0.4, 0.5) is 17.6 Å². The molecule has 0 aliphatic rings. The summed E-state index contributed by atoms with van der Waals surface area (Å²) in [5.74, 6) is -1.74. The van der Waals surface area contributed by atoms with E-state index in [4.69, 9.17) is 18.8 Å². The van der Waals surface area contributed by atoms with Crippen LogP contribution >= 0.6 is 31.9 Å². The lowest BCUT2D eigenvalue weighted by atomic mass is 10.2. The number of hydrogen-bond acceptors (Lipinski definition) is 4. The molecule has 0 saturated heterocycles. The van der Waals surface area contributed by atoms with Gasteiger partial charge in [0.2, 0.25) is 0 Å². The van der Waals surface area contributed by atoms with E-state index in [1.165, 1.54) is 12.1 Å². The van der Waals surface area contributed by atoms with E-state index in [2.05, 4.69) is 31.9 Å². The van der Waals surface area contributed by atoms with Gasteiger partial charge in [-0.1, -0.05) is 31.9 Å². The summed E-state index contributed by atoms with van der Waals surface area (Å²) in [6.07, 6.45) is 0. The van der Waals surface area contributed by atoms with Crippen LogP contribution in [0.3, 0.4) is 0 Å². The molecule has 0 fully saturated rings. The lowest BCUT2D eigenvalue weighted by Gasteiger charge is -2.15. The summed E-state index contributed by atoms with van der Waals surface area (Å²) in [4.78, 5) is 0. The monoisotopic (exact) mass is 637 g/mol. The van der Waals surface area contributed by atoms with E-state index < -0.39 is 23.3 Å². The number of rotatable bonds is 10. The fourth-order valence-electron chi connectivity index (χ4n) is 3.10. The Morgan fingerprint density at radius 2 is 0.973 bits per heavy atom. The molecule has 4 rings (SSSR count). The second kappa shape index (κ2) is 12.4. The quantitative estimate of drug-likeness (QED) is 0.131. The van der Waals surface area contributed by atoms with E-state index >= 15 is 0 Å². The molecule has 0 aliphatic carbocycles. The molecule has 0 N–H and O–H groups in total. The van der Waals surface area contributed by atoms with E-state index in [-0.39, 0.29) is 47.3 Å². The van der Waals surface area contributed by atoms with Crippen LogP contribution in [0.1, 0.15) is 11.1 Å². The van der Waals surface area contributed by atoms with Crippen molar-refractivity contribution in [1.29, 1.82) is 0 Å². The van der Waals surface area contributed by atoms with Crippen LogP contribution < -0.4 is 18.8 Å². The largest absolute Gasteiger partial charge is 0.658 e. The maximum absolute atomic E-state index is 14.0. The lowest BCUT2D eigenvalue weighted by molar-refractivity contribution is 0.283. The van der Waals surface area contributed by atoms with Gasteiger partial charge in [-0.25, -0.2) is 17.6 Å². The van der Waals surface area contributed by atoms with E-state index in [1.807, 2.05) is 0 Å². The molecule has 0 aromatic heterocycles. The minimum absolute atomic E-state index is 0.158. The van der Waals surface area contributed by atoms with Gasteiger partial charge in [0.05, 0.1) is 0 Å². The normalized spacial score (nSPS) is 10.6. The third-order valence-corrected chi connectivity index (χ3v) is 5.94. The number of ether oxygens (including phenoxy) is 2. The molecule has 0 unspecified atom stereocenters. The molecule has 0 amide bonds. The van der Waals surface area contributed by atoms with Crippen molar-refractivity contribution in [3.05, 3.63) is 116 Å². The second-order valence-corrected chi connectivity index (χ2v) is 9.39. The fraction of sp³-hybridized carbons (Fsp3) is 0.0769. The van der Waals surface area contributed by atoms with Crippen molar-refractivity contribution < 1.29 is 36.3 Å². The molecule has 37 heavy (non-hydrogen) atoms. The van der Waals surface area contributed by atoms with Crippen molar-refractivity contribution in [3.63, 3.8) is 0 Å². The Balaban J connectivity index is 1.41. The van der Waals surface area contributed by atoms with Gasteiger partial charge in [0.15, 0.2) is 11.5 Å². The average molecular weight is 639 g/mol. The van der Waals surface area contributed by atoms with Crippen molar-refractivity contribution in [3.8, 4) is 23.0 Å². The van der Waals surface area contributed by atoms with Gasteiger partial charge in [-0.3, -0.25) is 0 Å². The lowest BCUT2D eigenvalue weighted by Crippen LogP contribution is -2.13. The van der Waals surface area contributed by atoms with Crippen molar-refractivity contribution >= 4 is 39.5 Å². The molecule has 4 aromatic carbocycles. The Bertz CT molecular complexity index is 1300. The summed E-state index contributed by atoms with van der Waals surface area (Å²) in [5.41, 5.74) is 0.341. The SMILES string of the molecule is Fc1ccc(COc2ccc(Br)cc2O[B]Oc2cc(Br)ccc2OCc2ccc(F)cc2F)c(F)c1. The smallest absolute Gasteiger partial charge is 0.524 e. The molecule has 0 bridgehead atoms. The Labute approximate surface area is 227 Å². The molecule has 4 aromatic rings. The summed E-state index contributed by atoms with van der Waals surface area (Å²) in [5, 5.41) is 0. The first-order valence-electron chi connectivity index (χ1n) is 10.7. The average Bonchev–Trinajstić information content (AvgIpc) is 2.85. The third kappa shape index (κ3) is 7.42. The Hall–Kier alpha value is -3.18. The zero-order chi connectivity index (χ0) is 26.4. The molecule has 11 heteroatoms. The first-order chi connectivity index (χ1) is 17.8. The van der Waals surface area contributed by atoms with Crippen LogP contribution in [0, 0.1) is 23.3 Å². The molecule has 0 saturated carbocycles. The minimum atomic E-state index is -0.725. The van der Waals surface area contributed by atoms with E-state index in [0.717, 1.165) is 32.0 Å². The molecular weight excluding hydrogens is 623 g/mol. The van der Waals surface area contributed by atoms with Crippen LogP contribution in [-0.4, -0.2) is 7.69 Å². The second-order valence-electron chi connectivity index (χ2n) is 7.56. The molecule has 189 valence electrons. The molecule has 4 nitrogen and oxygen atoms in total. The van der Waals surface area contributed by atoms with Gasteiger partial charge in [0, 0.05) is 32.2 Å². The zero-order valence-electron chi connectivity index (χ0n) is 18.8. The first-order valence-corrected chi connectivity index (χ1v) is 12.2. The van der Waals surface area contributed by atoms with Gasteiger partial charge in [-0.05, 0) is 60.7 Å². The zero-order valence-corrected chi connectivity index (χ0v) is 22.0. The van der Waals surface area contributed by atoms with Crippen molar-refractivity contribution in [2.24, 2.45) is 0 Å². The Morgan fingerprint density at radius 3 is 1.38 bits per heavy atom. The number of halogens is 6. The summed E-state index contributed by atoms with van der Waals surface area (Å²) in [7, 11) is 1.04. The molecule has 1 radical (unpaired) electrons. The molecular formula is C26H16BBr2F4O4. The van der Waals surface area contributed by atoms with Crippen molar-refractivity contribution in [1.82, 2.24) is 0 Å². The van der Waals surface area contributed by atoms with E-state index in [0.29, 0.717) is 8.95 Å². The summed E-state index contributed by atoms with van der Waals surface area (Å²) >= 11 is 6.70. The topological polar surface area (TPSA) is 36.9 Å². The maximum Gasteiger partial charge on any atom is 0.658 e. The highest BCUT2D eigenvalue weighted by Crippen LogP contribution is 2.34. The Kier molecular flexibility index (Phi) is 8.99. The highest BCUT2D eigenvalue weighted by Gasteiger charge is 2.14. The van der Waals surface area contributed by atoms with Crippen LogP contribution in [0.5, 0.6) is 23.0 Å². The predicted octanol–water partition coefficient (Wildman–Crippen LogP) is 7.92. The van der Waals surface area contributed by atoms with E-state index in [1.54, 1.807) is 36.4 Å². The van der Waals surface area contributed by atoms with Gasteiger partial charge in [-0.15, -0.1) is 0 Å². The van der Waals surface area contributed by atoms with Gasteiger partial charge in [0.25, 0.3) is 0 Å². The predicted molar refractivity (Wildman–Crippen MR) is 137 cm³/mol. The van der Waals surface area contributed by atoms with Crippen molar-refractivity contribution in [2.45, 2.75) is 13.2 Å². The molecule has 0 aliphatic heterocycles.